The molecule has 84 valence electrons. The van der Waals surface area contributed by atoms with E-state index in [9.17, 15) is 0 Å². The number of nitrogens with zero attached hydrogens (tertiary/aromatic N) is 2. The Kier molecular flexibility index (Phi) is 2.98. The average Bonchev–Trinajstić information content (AvgIpc) is 2.56. The highest BCUT2D eigenvalue weighted by Crippen LogP contribution is 2.19. The van der Waals surface area contributed by atoms with Crippen molar-refractivity contribution in [3.63, 3.8) is 0 Å². The van der Waals surface area contributed by atoms with Gasteiger partial charge in [-0.3, -0.25) is 0 Å². The van der Waals surface area contributed by atoms with Crippen LogP contribution < -0.4 is 5.32 Å². The number of anilines is 1. The van der Waals surface area contributed by atoms with Gasteiger partial charge in [-0.25, -0.2) is 4.68 Å². The van der Waals surface area contributed by atoms with Crippen LogP contribution in [0.15, 0.2) is 6.07 Å². The topological polar surface area (TPSA) is 29.9 Å². The van der Waals surface area contributed by atoms with E-state index in [0.717, 1.165) is 25.4 Å². The lowest BCUT2D eigenvalue weighted by molar-refractivity contribution is 0.441. The first-order valence-electron chi connectivity index (χ1n) is 5.95. The predicted octanol–water partition coefficient (Wildman–Crippen LogP) is 2.53. The summed E-state index contributed by atoms with van der Waals surface area (Å²) in [5, 5.41) is 8.05. The molecule has 1 aromatic heterocycles. The fourth-order valence-electron chi connectivity index (χ4n) is 1.95. The van der Waals surface area contributed by atoms with Crippen molar-refractivity contribution < 1.29 is 0 Å². The summed E-state index contributed by atoms with van der Waals surface area (Å²) >= 11 is 0. The molecule has 0 spiro atoms. The largest absolute Gasteiger partial charge is 0.370 e. The van der Waals surface area contributed by atoms with E-state index in [1.54, 1.807) is 0 Å². The molecule has 3 nitrogen and oxygen atoms in total. The molecule has 0 aromatic carbocycles. The Bertz CT molecular complexity index is 328. The maximum absolute atomic E-state index is 4.63. The molecule has 1 aliphatic rings. The second-order valence-electron chi connectivity index (χ2n) is 5.12. The van der Waals surface area contributed by atoms with Crippen molar-refractivity contribution in [1.82, 2.24) is 9.78 Å². The van der Waals surface area contributed by atoms with E-state index in [0.29, 0.717) is 5.92 Å². The van der Waals surface area contributed by atoms with Crippen LogP contribution in [0.5, 0.6) is 0 Å². The molecule has 1 N–H and O–H groups in total. The second-order valence-corrected chi connectivity index (χ2v) is 5.12. The molecule has 1 atom stereocenters. The van der Waals surface area contributed by atoms with Crippen LogP contribution in [0.3, 0.4) is 0 Å². The molecular weight excluding hydrogens is 186 g/mol. The van der Waals surface area contributed by atoms with Gasteiger partial charge in [0, 0.05) is 19.2 Å². The first kappa shape index (κ1) is 10.5. The molecule has 0 amide bonds. The molecule has 0 aliphatic carbocycles. The Morgan fingerprint density at radius 2 is 2.40 bits per heavy atom. The number of nitrogens with one attached hydrogen (secondary N) is 1. The van der Waals surface area contributed by atoms with E-state index in [1.165, 1.54) is 17.9 Å². The van der Waals surface area contributed by atoms with Crippen molar-refractivity contribution in [2.45, 2.75) is 40.2 Å². The summed E-state index contributed by atoms with van der Waals surface area (Å²) in [5.41, 5.74) is 1.24. The monoisotopic (exact) mass is 207 g/mol. The third kappa shape index (κ3) is 2.52. The molecular formula is C12H21N3. The molecule has 0 fully saturated rings. The van der Waals surface area contributed by atoms with Crippen LogP contribution in [0, 0.1) is 11.8 Å². The van der Waals surface area contributed by atoms with Crippen molar-refractivity contribution in [2.24, 2.45) is 11.8 Å². The second kappa shape index (κ2) is 4.25. The van der Waals surface area contributed by atoms with Crippen LogP contribution in [0.2, 0.25) is 0 Å². The molecule has 0 radical (unpaired) electrons. The minimum absolute atomic E-state index is 0.690. The molecule has 2 rings (SSSR count). The molecule has 1 aliphatic heterocycles. The van der Waals surface area contributed by atoms with Gasteiger partial charge in [-0.05, 0) is 24.7 Å². The smallest absolute Gasteiger partial charge is 0.124 e. The number of hydrogen-bond acceptors (Lipinski definition) is 2. The van der Waals surface area contributed by atoms with Crippen LogP contribution >= 0.6 is 0 Å². The third-order valence-corrected chi connectivity index (χ3v) is 2.92. The van der Waals surface area contributed by atoms with Crippen molar-refractivity contribution in [2.75, 3.05) is 11.9 Å². The van der Waals surface area contributed by atoms with Gasteiger partial charge < -0.3 is 5.32 Å². The van der Waals surface area contributed by atoms with Gasteiger partial charge >= 0.3 is 0 Å². The Hall–Kier alpha value is -0.990. The zero-order chi connectivity index (χ0) is 10.8. The predicted molar refractivity (Wildman–Crippen MR) is 63.0 cm³/mol. The van der Waals surface area contributed by atoms with E-state index in [1.807, 2.05) is 0 Å². The summed E-state index contributed by atoms with van der Waals surface area (Å²) < 4.78 is 2.11. The molecule has 1 aromatic rings. The zero-order valence-corrected chi connectivity index (χ0v) is 9.95. The first-order chi connectivity index (χ1) is 7.15. The molecule has 3 heteroatoms. The maximum atomic E-state index is 4.63. The Labute approximate surface area is 91.9 Å². The van der Waals surface area contributed by atoms with Crippen molar-refractivity contribution >= 4 is 5.82 Å². The highest BCUT2D eigenvalue weighted by Gasteiger charge is 2.16. The van der Waals surface area contributed by atoms with Gasteiger partial charge in [0.25, 0.3) is 0 Å². The number of hydrogen-bond donors (Lipinski definition) is 1. The number of fused-ring (bicyclic) bond motifs is 1. The lowest BCUT2D eigenvalue weighted by Gasteiger charge is -2.21. The third-order valence-electron chi connectivity index (χ3n) is 2.92. The molecule has 15 heavy (non-hydrogen) atoms. The Balaban J connectivity index is 2.03. The van der Waals surface area contributed by atoms with E-state index < -0.39 is 0 Å². The lowest BCUT2D eigenvalue weighted by atomic mass is 10.1. The fourth-order valence-corrected chi connectivity index (χ4v) is 1.95. The van der Waals surface area contributed by atoms with Crippen LogP contribution in [0.4, 0.5) is 5.82 Å². The van der Waals surface area contributed by atoms with Gasteiger partial charge in [0.1, 0.15) is 5.82 Å². The van der Waals surface area contributed by atoms with E-state index >= 15 is 0 Å². The minimum Gasteiger partial charge on any atom is -0.370 e. The lowest BCUT2D eigenvalue weighted by Crippen LogP contribution is -2.25. The summed E-state index contributed by atoms with van der Waals surface area (Å²) in [5.74, 6) is 2.65. The van der Waals surface area contributed by atoms with Gasteiger partial charge in [0.05, 0.1) is 5.69 Å². The fraction of sp³-hybridized carbons (Fsp3) is 0.750. The summed E-state index contributed by atoms with van der Waals surface area (Å²) in [6.07, 6.45) is 2.33. The van der Waals surface area contributed by atoms with Crippen LogP contribution in [0.1, 0.15) is 32.9 Å². The highest BCUT2D eigenvalue weighted by molar-refractivity contribution is 5.38. The van der Waals surface area contributed by atoms with Gasteiger partial charge in [-0.1, -0.05) is 20.8 Å². The van der Waals surface area contributed by atoms with Crippen LogP contribution in [-0.4, -0.2) is 16.3 Å². The Morgan fingerprint density at radius 1 is 1.60 bits per heavy atom. The molecule has 1 unspecified atom stereocenters. The molecule has 0 saturated heterocycles. The minimum atomic E-state index is 0.690. The van der Waals surface area contributed by atoms with Crippen molar-refractivity contribution in [3.05, 3.63) is 11.8 Å². The number of aromatic nitrogens is 2. The van der Waals surface area contributed by atoms with Crippen LogP contribution in [0.25, 0.3) is 0 Å². The van der Waals surface area contributed by atoms with Gasteiger partial charge in [-0.2, -0.15) is 5.10 Å². The number of rotatable bonds is 3. The highest BCUT2D eigenvalue weighted by atomic mass is 15.3. The SMILES string of the molecule is CC(C)CCc1cc2n(n1)CC(C)CN2. The van der Waals surface area contributed by atoms with Crippen molar-refractivity contribution in [3.8, 4) is 0 Å². The van der Waals surface area contributed by atoms with Gasteiger partial charge in [0.15, 0.2) is 0 Å². The van der Waals surface area contributed by atoms with Crippen molar-refractivity contribution in [1.29, 1.82) is 0 Å². The van der Waals surface area contributed by atoms with Gasteiger partial charge in [0.2, 0.25) is 0 Å². The van der Waals surface area contributed by atoms with E-state index in [-0.39, 0.29) is 0 Å². The number of aryl methyl sites for hydroxylation is 1. The van der Waals surface area contributed by atoms with Crippen LogP contribution in [-0.2, 0) is 13.0 Å². The molecule has 0 saturated carbocycles. The first-order valence-corrected chi connectivity index (χ1v) is 5.95. The normalized spacial score (nSPS) is 20.1. The zero-order valence-electron chi connectivity index (χ0n) is 9.95. The maximum Gasteiger partial charge on any atom is 0.124 e. The quantitative estimate of drug-likeness (QED) is 0.825. The summed E-state index contributed by atoms with van der Waals surface area (Å²) in [4.78, 5) is 0. The van der Waals surface area contributed by atoms with E-state index in [4.69, 9.17) is 0 Å². The van der Waals surface area contributed by atoms with Gasteiger partial charge in [-0.15, -0.1) is 0 Å². The summed E-state index contributed by atoms with van der Waals surface area (Å²) in [7, 11) is 0. The Morgan fingerprint density at radius 3 is 3.13 bits per heavy atom. The average molecular weight is 207 g/mol. The molecule has 2 heterocycles. The van der Waals surface area contributed by atoms with E-state index in [2.05, 4.69) is 41.9 Å². The standard InChI is InChI=1S/C12H21N3/c1-9(2)4-5-11-6-12-13-7-10(3)8-15(12)14-11/h6,9-10,13H,4-5,7-8H2,1-3H3. The summed E-state index contributed by atoms with van der Waals surface area (Å²) in [6, 6.07) is 2.20. The molecule has 0 bridgehead atoms. The summed E-state index contributed by atoms with van der Waals surface area (Å²) in [6.45, 7) is 8.91.